The fourth-order valence-electron chi connectivity index (χ4n) is 5.61. The molecule has 0 radical (unpaired) electrons. The molecule has 0 saturated carbocycles. The number of hydrogen-bond acceptors (Lipinski definition) is 7. The van der Waals surface area contributed by atoms with Gasteiger partial charge in [0.25, 0.3) is 5.91 Å². The first-order valence-corrected chi connectivity index (χ1v) is 14.0. The van der Waals surface area contributed by atoms with Crippen molar-refractivity contribution in [3.8, 4) is 17.2 Å². The van der Waals surface area contributed by atoms with Crippen LogP contribution in [-0.2, 0) is 9.53 Å². The third-order valence-corrected chi connectivity index (χ3v) is 7.68. The van der Waals surface area contributed by atoms with E-state index in [2.05, 4.69) is 10.2 Å². The summed E-state index contributed by atoms with van der Waals surface area (Å²) in [6.07, 6.45) is 0. The Morgan fingerprint density at radius 2 is 1.68 bits per heavy atom. The van der Waals surface area contributed by atoms with Crippen LogP contribution in [0.1, 0.15) is 40.4 Å². The Labute approximate surface area is 240 Å². The third kappa shape index (κ3) is 6.16. The molecule has 9 heteroatoms. The maximum Gasteiger partial charge on any atom is 0.254 e. The number of fused-ring (bicyclic) bond motifs is 1. The zero-order chi connectivity index (χ0) is 28.8. The number of nitrogens with one attached hydrogen (secondary N) is 1. The van der Waals surface area contributed by atoms with Gasteiger partial charge in [-0.1, -0.05) is 30.3 Å². The molecule has 0 aromatic heterocycles. The van der Waals surface area contributed by atoms with Gasteiger partial charge in [0.15, 0.2) is 0 Å². The van der Waals surface area contributed by atoms with Crippen molar-refractivity contribution < 1.29 is 28.5 Å². The lowest BCUT2D eigenvalue weighted by molar-refractivity contribution is -0.119. The predicted octanol–water partition coefficient (Wildman–Crippen LogP) is 4.35. The molecule has 2 atom stereocenters. The molecule has 1 N–H and O–H groups in total. The molecule has 41 heavy (non-hydrogen) atoms. The molecule has 2 aliphatic rings. The van der Waals surface area contributed by atoms with Crippen molar-refractivity contribution >= 4 is 17.5 Å². The molecule has 1 saturated heterocycles. The first-order valence-electron chi connectivity index (χ1n) is 14.0. The number of amides is 2. The van der Waals surface area contributed by atoms with E-state index >= 15 is 0 Å². The summed E-state index contributed by atoms with van der Waals surface area (Å²) >= 11 is 0. The largest absolute Gasteiger partial charge is 0.497 e. The summed E-state index contributed by atoms with van der Waals surface area (Å²) in [5.41, 5.74) is 2.63. The summed E-state index contributed by atoms with van der Waals surface area (Å²) in [5, 5.41) is 3.09. The summed E-state index contributed by atoms with van der Waals surface area (Å²) in [4.78, 5) is 32.5. The minimum absolute atomic E-state index is 0.0844. The highest BCUT2D eigenvalue weighted by Gasteiger charge is 2.44. The van der Waals surface area contributed by atoms with Crippen LogP contribution in [0.25, 0.3) is 0 Å². The monoisotopic (exact) mass is 559 g/mol. The summed E-state index contributed by atoms with van der Waals surface area (Å²) in [7, 11) is 3.13. The van der Waals surface area contributed by atoms with Gasteiger partial charge < -0.3 is 29.2 Å². The van der Waals surface area contributed by atoms with Crippen LogP contribution in [0.5, 0.6) is 17.2 Å². The van der Waals surface area contributed by atoms with E-state index in [0.717, 1.165) is 24.4 Å². The van der Waals surface area contributed by atoms with Gasteiger partial charge in [-0.2, -0.15) is 0 Å². The highest BCUT2D eigenvalue weighted by molar-refractivity contribution is 6.04. The Morgan fingerprint density at radius 3 is 2.39 bits per heavy atom. The van der Waals surface area contributed by atoms with Crippen LogP contribution in [0.15, 0.2) is 66.7 Å². The SMILES string of the molecule is CCOc1ccc([C@@H]2[C@H](C(=O)Nc3ccc(OC)cc3OC)c3ccccc3C(=O)N2CCN2CCOCC2)cc1. The molecule has 3 aromatic rings. The quantitative estimate of drug-likeness (QED) is 0.395. The second-order valence-corrected chi connectivity index (χ2v) is 10.0. The summed E-state index contributed by atoms with van der Waals surface area (Å²) < 4.78 is 22.1. The van der Waals surface area contributed by atoms with Crippen molar-refractivity contribution in [3.05, 3.63) is 83.4 Å². The third-order valence-electron chi connectivity index (χ3n) is 7.68. The van der Waals surface area contributed by atoms with Gasteiger partial charge in [0.2, 0.25) is 5.91 Å². The number of methoxy groups -OCH3 is 2. The summed E-state index contributed by atoms with van der Waals surface area (Å²) in [6.45, 7) is 6.62. The van der Waals surface area contributed by atoms with Crippen molar-refractivity contribution in [3.63, 3.8) is 0 Å². The molecule has 0 unspecified atom stereocenters. The second kappa shape index (κ2) is 13.1. The summed E-state index contributed by atoms with van der Waals surface area (Å²) in [6, 6.07) is 19.8. The van der Waals surface area contributed by atoms with Crippen LogP contribution in [0, 0.1) is 0 Å². The van der Waals surface area contributed by atoms with Crippen LogP contribution in [0.3, 0.4) is 0 Å². The average molecular weight is 560 g/mol. The number of benzene rings is 3. The fourth-order valence-corrected chi connectivity index (χ4v) is 5.61. The van der Waals surface area contributed by atoms with Crippen LogP contribution in [-0.4, -0.2) is 81.8 Å². The number of carbonyl (C=O) groups excluding carboxylic acids is 2. The van der Waals surface area contributed by atoms with Gasteiger partial charge >= 0.3 is 0 Å². The topological polar surface area (TPSA) is 89.6 Å². The lowest BCUT2D eigenvalue weighted by Crippen LogP contribution is -2.49. The van der Waals surface area contributed by atoms with Gasteiger partial charge in [-0.3, -0.25) is 14.5 Å². The molecule has 0 aliphatic carbocycles. The Hall–Kier alpha value is -4.08. The number of anilines is 1. The van der Waals surface area contributed by atoms with E-state index in [-0.39, 0.29) is 11.8 Å². The minimum atomic E-state index is -0.668. The lowest BCUT2D eigenvalue weighted by atomic mass is 9.79. The van der Waals surface area contributed by atoms with E-state index in [4.69, 9.17) is 18.9 Å². The molecule has 3 aromatic carbocycles. The van der Waals surface area contributed by atoms with Crippen molar-refractivity contribution in [2.75, 3.05) is 65.5 Å². The van der Waals surface area contributed by atoms with E-state index in [9.17, 15) is 9.59 Å². The van der Waals surface area contributed by atoms with Gasteiger partial charge in [-0.25, -0.2) is 0 Å². The number of hydrogen-bond donors (Lipinski definition) is 1. The molecular weight excluding hydrogens is 522 g/mol. The van der Waals surface area contributed by atoms with Gasteiger partial charge in [0, 0.05) is 37.8 Å². The smallest absolute Gasteiger partial charge is 0.254 e. The van der Waals surface area contributed by atoms with Crippen molar-refractivity contribution in [1.82, 2.24) is 9.80 Å². The Balaban J connectivity index is 1.55. The molecule has 2 amide bonds. The molecule has 216 valence electrons. The molecule has 2 heterocycles. The number of nitrogens with zero attached hydrogens (tertiary/aromatic N) is 2. The lowest BCUT2D eigenvalue weighted by Gasteiger charge is -2.43. The number of ether oxygens (including phenoxy) is 4. The number of morpholine rings is 1. The summed E-state index contributed by atoms with van der Waals surface area (Å²) in [5.74, 6) is 0.859. The van der Waals surface area contributed by atoms with Gasteiger partial charge in [-0.05, 0) is 48.4 Å². The number of carbonyl (C=O) groups is 2. The Kier molecular flexibility index (Phi) is 9.06. The van der Waals surface area contributed by atoms with Crippen molar-refractivity contribution in [2.24, 2.45) is 0 Å². The van der Waals surface area contributed by atoms with Crippen molar-refractivity contribution in [1.29, 1.82) is 0 Å². The molecule has 0 spiro atoms. The zero-order valence-electron chi connectivity index (χ0n) is 23.8. The maximum atomic E-state index is 14.3. The second-order valence-electron chi connectivity index (χ2n) is 10.0. The van der Waals surface area contributed by atoms with Crippen molar-refractivity contribution in [2.45, 2.75) is 18.9 Å². The molecule has 1 fully saturated rings. The average Bonchev–Trinajstić information content (AvgIpc) is 3.01. The van der Waals surface area contributed by atoms with Gasteiger partial charge in [0.05, 0.1) is 51.7 Å². The Bertz CT molecular complexity index is 1360. The van der Waals surface area contributed by atoms with Gasteiger partial charge in [-0.15, -0.1) is 0 Å². The zero-order valence-corrected chi connectivity index (χ0v) is 23.8. The van der Waals surface area contributed by atoms with E-state index in [0.29, 0.717) is 61.2 Å². The van der Waals surface area contributed by atoms with E-state index in [1.807, 2.05) is 60.4 Å². The van der Waals surface area contributed by atoms with Crippen LogP contribution < -0.4 is 19.5 Å². The fraction of sp³-hybridized carbons (Fsp3) is 0.375. The molecule has 2 aliphatic heterocycles. The molecule has 0 bridgehead atoms. The van der Waals surface area contributed by atoms with Crippen LogP contribution >= 0.6 is 0 Å². The highest BCUT2D eigenvalue weighted by Crippen LogP contribution is 2.44. The maximum absolute atomic E-state index is 14.3. The van der Waals surface area contributed by atoms with E-state index < -0.39 is 12.0 Å². The first-order chi connectivity index (χ1) is 20.0. The first kappa shape index (κ1) is 28.4. The van der Waals surface area contributed by atoms with E-state index in [1.165, 1.54) is 0 Å². The standard InChI is InChI=1S/C32H37N3O6/c1-4-41-23-11-9-22(10-12-23)30-29(31(36)33-27-14-13-24(38-2)21-28(27)39-3)25-7-5-6-8-26(25)32(37)35(30)16-15-34-17-19-40-20-18-34/h5-14,21,29-30H,4,15-20H2,1-3H3,(H,33,36)/t29-,30-/m1/s1. The van der Waals surface area contributed by atoms with Crippen LogP contribution in [0.4, 0.5) is 5.69 Å². The van der Waals surface area contributed by atoms with Gasteiger partial charge in [0.1, 0.15) is 17.2 Å². The van der Waals surface area contributed by atoms with E-state index in [1.54, 1.807) is 32.4 Å². The minimum Gasteiger partial charge on any atom is -0.497 e. The van der Waals surface area contributed by atoms with Crippen LogP contribution in [0.2, 0.25) is 0 Å². The molecule has 5 rings (SSSR count). The molecule has 9 nitrogen and oxygen atoms in total. The molecular formula is C32H37N3O6. The number of rotatable bonds is 10. The Morgan fingerprint density at radius 1 is 0.951 bits per heavy atom. The predicted molar refractivity (Wildman–Crippen MR) is 156 cm³/mol. The highest BCUT2D eigenvalue weighted by atomic mass is 16.5. The normalized spacial score (nSPS) is 18.9.